The topological polar surface area (TPSA) is 0 Å². The van der Waals surface area contributed by atoms with Crippen LogP contribution in [-0.2, 0) is 5.41 Å². The Hall–Kier alpha value is -5.72. The van der Waals surface area contributed by atoms with E-state index in [0.29, 0.717) is 5.56 Å². The van der Waals surface area contributed by atoms with Crippen molar-refractivity contribution in [2.75, 3.05) is 0 Å². The second-order valence-electron chi connectivity index (χ2n) is 13.3. The summed E-state index contributed by atoms with van der Waals surface area (Å²) in [5, 5.41) is 9.99. The molecule has 0 nitrogen and oxygen atoms in total. The highest BCUT2D eigenvalue weighted by atomic mass is 14.4. The molecule has 0 aromatic heterocycles. The third-order valence-corrected chi connectivity index (χ3v) is 10.5. The molecule has 0 N–H and O–H groups in total. The van der Waals surface area contributed by atoms with Crippen LogP contribution in [0.25, 0.3) is 87.6 Å². The van der Waals surface area contributed by atoms with Gasteiger partial charge < -0.3 is 0 Å². The fraction of sp³-hybridized carbons (Fsp3) is 0.0638. The number of hydrogen-bond donors (Lipinski definition) is 0. The third-order valence-electron chi connectivity index (χ3n) is 10.5. The summed E-state index contributed by atoms with van der Waals surface area (Å²) in [5.74, 6) is 0. The van der Waals surface area contributed by atoms with Crippen LogP contribution in [0.2, 0.25) is 0 Å². The van der Waals surface area contributed by atoms with E-state index >= 15 is 0 Å². The summed E-state index contributed by atoms with van der Waals surface area (Å²) in [5.41, 5.74) is 9.68. The first-order valence-corrected chi connectivity index (χ1v) is 16.2. The van der Waals surface area contributed by atoms with Crippen LogP contribution >= 0.6 is 0 Å². The van der Waals surface area contributed by atoms with Gasteiger partial charge in [-0.15, -0.1) is 0 Å². The van der Waals surface area contributed by atoms with Crippen molar-refractivity contribution in [3.63, 3.8) is 0 Å². The Bertz CT molecular complexity index is 2950. The summed E-state index contributed by atoms with van der Waals surface area (Å²) in [6.07, 6.45) is 0. The number of hydrogen-bond acceptors (Lipinski definition) is 0. The van der Waals surface area contributed by atoms with Crippen LogP contribution < -0.4 is 0 Å². The van der Waals surface area contributed by atoms with Crippen LogP contribution in [0.1, 0.15) is 31.8 Å². The highest BCUT2D eigenvalue weighted by Crippen LogP contribution is 2.51. The van der Waals surface area contributed by atoms with Gasteiger partial charge in [0.15, 0.2) is 0 Å². The van der Waals surface area contributed by atoms with E-state index in [-0.39, 0.29) is 41.2 Å². The minimum atomic E-state index is -0.382. The fourth-order valence-corrected chi connectivity index (χ4v) is 8.25. The van der Waals surface area contributed by atoms with Gasteiger partial charge in [0.2, 0.25) is 0 Å². The smallest absolute Gasteiger partial charge is 0.0622 e. The summed E-state index contributed by atoms with van der Waals surface area (Å²) < 4.78 is 42.0. The Labute approximate surface area is 281 Å². The molecule has 0 spiro atoms. The van der Waals surface area contributed by atoms with Crippen molar-refractivity contribution in [3.05, 3.63) is 169 Å². The minimum Gasteiger partial charge on any atom is -0.0622 e. The largest absolute Gasteiger partial charge is 0.0629 e. The van der Waals surface area contributed by atoms with Crippen LogP contribution in [0.5, 0.6) is 0 Å². The van der Waals surface area contributed by atoms with Crippen molar-refractivity contribution in [3.8, 4) is 44.5 Å². The summed E-state index contributed by atoms with van der Waals surface area (Å²) >= 11 is 0. The molecule has 0 amide bonds. The molecule has 0 fully saturated rings. The SMILES string of the molecule is [2H]c1c([2H])c([2H])c(-c2ccc3c(c2)-c2cccc4c(-c5cccc(-c6ccc7ccc8cccc9ccc6c7c89)c5)ccc(c24)C3(C)C)c([2H])c1[2H]. The number of benzene rings is 9. The lowest BCUT2D eigenvalue weighted by Crippen LogP contribution is -2.23. The standard InChI is InChI=1S/C47H32/c1-47(2)42-25-21-33(29-9-4-3-5-10-29)28-41(42)39-16-8-15-38-37(24-26-43(47)46(38)39)35-14-7-13-34(27-35)36-22-19-32-18-17-30-11-6-12-31-20-23-40(36)45(32)44(30)31/h3-28H,1-2H3/i3D,4D,5D,9D,10D. The Morgan fingerprint density at radius 1 is 0.404 bits per heavy atom. The first kappa shape index (κ1) is 21.9. The molecule has 0 heteroatoms. The zero-order valence-electron chi connectivity index (χ0n) is 31.1. The molecule has 0 atom stereocenters. The normalized spacial score (nSPS) is 15.0. The van der Waals surface area contributed by atoms with Crippen molar-refractivity contribution in [2.45, 2.75) is 19.3 Å². The van der Waals surface area contributed by atoms with E-state index in [2.05, 4.69) is 129 Å². The molecule has 1 aliphatic carbocycles. The Morgan fingerprint density at radius 3 is 1.81 bits per heavy atom. The van der Waals surface area contributed by atoms with Gasteiger partial charge in [0.25, 0.3) is 0 Å². The van der Waals surface area contributed by atoms with Crippen molar-refractivity contribution < 1.29 is 6.85 Å². The maximum Gasteiger partial charge on any atom is 0.0629 e. The molecule has 1 aliphatic rings. The molecule has 0 bridgehead atoms. The lowest BCUT2D eigenvalue weighted by molar-refractivity contribution is 0.645. The molecule has 0 saturated carbocycles. The third kappa shape index (κ3) is 3.76. The first-order valence-electron chi connectivity index (χ1n) is 18.7. The molecule has 9 aromatic rings. The van der Waals surface area contributed by atoms with Gasteiger partial charge in [-0.25, -0.2) is 0 Å². The maximum atomic E-state index is 8.65. The van der Waals surface area contributed by atoms with Crippen LogP contribution in [0, 0.1) is 0 Å². The summed E-state index contributed by atoms with van der Waals surface area (Å²) in [6.45, 7) is 4.49. The molecular weight excluding hydrogens is 565 g/mol. The van der Waals surface area contributed by atoms with Crippen LogP contribution in [0.15, 0.2) is 158 Å². The van der Waals surface area contributed by atoms with Crippen molar-refractivity contribution in [1.29, 1.82) is 0 Å². The monoisotopic (exact) mass is 601 g/mol. The average molecular weight is 602 g/mol. The second kappa shape index (κ2) is 9.64. The van der Waals surface area contributed by atoms with Crippen molar-refractivity contribution in [1.82, 2.24) is 0 Å². The Morgan fingerprint density at radius 2 is 1.02 bits per heavy atom. The minimum absolute atomic E-state index is 0.188. The Balaban J connectivity index is 1.16. The first-order chi connectivity index (χ1) is 25.1. The van der Waals surface area contributed by atoms with E-state index in [1.165, 1.54) is 54.4 Å². The predicted molar refractivity (Wildman–Crippen MR) is 202 cm³/mol. The van der Waals surface area contributed by atoms with E-state index in [1.54, 1.807) is 0 Å². The molecular formula is C47H32. The molecule has 10 rings (SSSR count). The van der Waals surface area contributed by atoms with E-state index in [0.717, 1.165) is 33.2 Å². The average Bonchev–Trinajstić information content (AvgIpc) is 3.17. The highest BCUT2D eigenvalue weighted by Gasteiger charge is 2.34. The van der Waals surface area contributed by atoms with Crippen molar-refractivity contribution >= 4 is 43.1 Å². The molecule has 47 heavy (non-hydrogen) atoms. The van der Waals surface area contributed by atoms with Crippen LogP contribution in [0.4, 0.5) is 0 Å². The summed E-state index contributed by atoms with van der Waals surface area (Å²) in [6, 6.07) is 44.4. The lowest BCUT2D eigenvalue weighted by Gasteiger charge is -2.36. The van der Waals surface area contributed by atoms with Gasteiger partial charge >= 0.3 is 0 Å². The summed E-state index contributed by atoms with van der Waals surface area (Å²) in [7, 11) is 0. The molecule has 0 saturated heterocycles. The molecule has 0 aliphatic heterocycles. The number of rotatable bonds is 3. The van der Waals surface area contributed by atoms with Gasteiger partial charge in [-0.05, 0) is 111 Å². The van der Waals surface area contributed by atoms with Gasteiger partial charge in [-0.1, -0.05) is 159 Å². The van der Waals surface area contributed by atoms with Gasteiger partial charge in [-0.2, -0.15) is 0 Å². The van der Waals surface area contributed by atoms with Gasteiger partial charge in [0.05, 0.1) is 6.85 Å². The highest BCUT2D eigenvalue weighted by molar-refractivity contribution is 6.25. The molecule has 0 unspecified atom stereocenters. The fourth-order valence-electron chi connectivity index (χ4n) is 8.25. The van der Waals surface area contributed by atoms with Crippen molar-refractivity contribution in [2.24, 2.45) is 0 Å². The predicted octanol–water partition coefficient (Wildman–Crippen LogP) is 13.0. The Kier molecular flexibility index (Phi) is 4.50. The zero-order chi connectivity index (χ0) is 35.6. The number of fused-ring (bicyclic) bond motifs is 2. The lowest BCUT2D eigenvalue weighted by atomic mass is 9.67. The van der Waals surface area contributed by atoms with E-state index < -0.39 is 0 Å². The van der Waals surface area contributed by atoms with Gasteiger partial charge in [0.1, 0.15) is 0 Å². The van der Waals surface area contributed by atoms with Gasteiger partial charge in [-0.3, -0.25) is 0 Å². The molecule has 220 valence electrons. The van der Waals surface area contributed by atoms with Gasteiger partial charge in [0, 0.05) is 5.41 Å². The quantitative estimate of drug-likeness (QED) is 0.177. The van der Waals surface area contributed by atoms with E-state index in [9.17, 15) is 0 Å². The second-order valence-corrected chi connectivity index (χ2v) is 13.3. The molecule has 0 radical (unpaired) electrons. The van der Waals surface area contributed by atoms with E-state index in [4.69, 9.17) is 6.85 Å². The molecule has 9 aromatic carbocycles. The zero-order valence-corrected chi connectivity index (χ0v) is 26.1. The van der Waals surface area contributed by atoms with Crippen LogP contribution in [0.3, 0.4) is 0 Å². The maximum absolute atomic E-state index is 8.65. The summed E-state index contributed by atoms with van der Waals surface area (Å²) in [4.78, 5) is 0. The molecule has 0 heterocycles. The van der Waals surface area contributed by atoms with Crippen LogP contribution in [-0.4, -0.2) is 0 Å². The van der Waals surface area contributed by atoms with E-state index in [1.807, 2.05) is 12.1 Å².